The summed E-state index contributed by atoms with van der Waals surface area (Å²) in [5, 5.41) is 13.7. The van der Waals surface area contributed by atoms with Crippen LogP contribution in [0.2, 0.25) is 0 Å². The Morgan fingerprint density at radius 2 is 2.28 bits per heavy atom. The van der Waals surface area contributed by atoms with Crippen molar-refractivity contribution in [3.63, 3.8) is 0 Å². The van der Waals surface area contributed by atoms with Crippen molar-refractivity contribution < 1.29 is 18.3 Å². The molecule has 0 spiro atoms. The number of carbonyl (C=O) groups is 1. The smallest absolute Gasteiger partial charge is 0.236 e. The van der Waals surface area contributed by atoms with Gasteiger partial charge < -0.3 is 10.1 Å². The van der Waals surface area contributed by atoms with Crippen LogP contribution in [-0.4, -0.2) is 31.4 Å². The van der Waals surface area contributed by atoms with E-state index in [9.17, 15) is 13.6 Å². The predicted molar refractivity (Wildman–Crippen MR) is 107 cm³/mol. The van der Waals surface area contributed by atoms with Crippen LogP contribution in [0.1, 0.15) is 18.9 Å². The van der Waals surface area contributed by atoms with Gasteiger partial charge in [0.05, 0.1) is 5.75 Å². The molecule has 0 saturated carbocycles. The molecular weight excluding hydrogens is 420 g/mol. The minimum atomic E-state index is -0.805. The lowest BCUT2D eigenvalue weighted by Crippen LogP contribution is -2.15. The van der Waals surface area contributed by atoms with Crippen LogP contribution in [-0.2, 0) is 11.3 Å². The van der Waals surface area contributed by atoms with Gasteiger partial charge in [0, 0.05) is 24.2 Å². The summed E-state index contributed by atoms with van der Waals surface area (Å²) in [4.78, 5) is 16.1. The van der Waals surface area contributed by atoms with Crippen LogP contribution in [0.3, 0.4) is 0 Å². The van der Waals surface area contributed by atoms with E-state index in [-0.39, 0.29) is 17.4 Å². The molecule has 0 fully saturated rings. The summed E-state index contributed by atoms with van der Waals surface area (Å²) in [6.07, 6.45) is 2.59. The first-order valence-electron chi connectivity index (χ1n) is 8.45. The Kier molecular flexibility index (Phi) is 6.94. The molecule has 1 atom stereocenters. The Morgan fingerprint density at radius 1 is 1.45 bits per heavy atom. The number of thiazole rings is 1. The van der Waals surface area contributed by atoms with E-state index in [4.69, 9.17) is 4.74 Å². The maximum Gasteiger partial charge on any atom is 0.236 e. The van der Waals surface area contributed by atoms with Crippen LogP contribution in [0.25, 0.3) is 0 Å². The van der Waals surface area contributed by atoms with Crippen molar-refractivity contribution in [2.45, 2.75) is 24.7 Å². The van der Waals surface area contributed by atoms with E-state index in [1.807, 2.05) is 0 Å². The fraction of sp³-hybridized carbons (Fsp3) is 0.222. The molecule has 0 aliphatic rings. The highest BCUT2D eigenvalue weighted by molar-refractivity contribution is 7.99. The number of nitrogens with one attached hydrogen (secondary N) is 1. The zero-order chi connectivity index (χ0) is 20.8. The molecule has 2 heterocycles. The van der Waals surface area contributed by atoms with E-state index < -0.39 is 17.7 Å². The van der Waals surface area contributed by atoms with Crippen LogP contribution in [0, 0.1) is 11.6 Å². The van der Waals surface area contributed by atoms with E-state index in [0.717, 1.165) is 12.1 Å². The van der Waals surface area contributed by atoms with Gasteiger partial charge in [-0.25, -0.2) is 13.8 Å². The quantitative estimate of drug-likeness (QED) is 0.401. The number of allylic oxidation sites excluding steroid dienone is 1. The van der Waals surface area contributed by atoms with Crippen molar-refractivity contribution in [3.05, 3.63) is 59.9 Å². The number of carbonyl (C=O) groups excluding carboxylic acids is 1. The van der Waals surface area contributed by atoms with Gasteiger partial charge in [-0.2, -0.15) is 0 Å². The number of benzene rings is 1. The molecule has 0 aliphatic carbocycles. The standard InChI is InChI=1S/C18H17F2N5O2S2/c1-3-7-25-16(11(2)27-14-5-4-12(19)9-13(14)20)23-24-18(25)29-10-15(26)22-17-21-6-8-28-17/h3-6,8-9,11H,1,7,10H2,2H3,(H,21,22,26). The van der Waals surface area contributed by atoms with Gasteiger partial charge in [0.15, 0.2) is 33.8 Å². The SMILES string of the molecule is C=CCn1c(SCC(=O)Nc2nccs2)nnc1C(C)Oc1ccc(F)cc1F. The van der Waals surface area contributed by atoms with Gasteiger partial charge in [-0.3, -0.25) is 9.36 Å². The first kappa shape index (κ1) is 20.9. The minimum Gasteiger partial charge on any atom is -0.480 e. The molecule has 1 amide bonds. The molecular formula is C18H17F2N5O2S2. The van der Waals surface area contributed by atoms with E-state index in [1.54, 1.807) is 29.1 Å². The molecule has 1 unspecified atom stereocenters. The second-order valence-electron chi connectivity index (χ2n) is 5.75. The predicted octanol–water partition coefficient (Wildman–Crippen LogP) is 4.07. The van der Waals surface area contributed by atoms with E-state index in [0.29, 0.717) is 22.7 Å². The number of aromatic nitrogens is 4. The maximum atomic E-state index is 13.9. The van der Waals surface area contributed by atoms with Crippen molar-refractivity contribution in [2.75, 3.05) is 11.1 Å². The van der Waals surface area contributed by atoms with Crippen molar-refractivity contribution >= 4 is 34.1 Å². The Labute approximate surface area is 173 Å². The van der Waals surface area contributed by atoms with Crippen LogP contribution in [0.5, 0.6) is 5.75 Å². The lowest BCUT2D eigenvalue weighted by Gasteiger charge is -2.16. The molecule has 152 valence electrons. The molecule has 0 saturated heterocycles. The topological polar surface area (TPSA) is 81.9 Å². The summed E-state index contributed by atoms with van der Waals surface area (Å²) in [7, 11) is 0. The van der Waals surface area contributed by atoms with Crippen LogP contribution in [0.15, 0.2) is 47.6 Å². The molecule has 0 bridgehead atoms. The zero-order valence-electron chi connectivity index (χ0n) is 15.3. The number of halogens is 2. The van der Waals surface area contributed by atoms with Crippen molar-refractivity contribution in [1.29, 1.82) is 0 Å². The highest BCUT2D eigenvalue weighted by Crippen LogP contribution is 2.27. The van der Waals surface area contributed by atoms with Crippen molar-refractivity contribution in [3.8, 4) is 5.75 Å². The fourth-order valence-electron chi connectivity index (χ4n) is 2.39. The Balaban J connectivity index is 1.70. The molecule has 2 aromatic heterocycles. The Morgan fingerprint density at radius 3 is 2.97 bits per heavy atom. The fourth-order valence-corrected chi connectivity index (χ4v) is 3.69. The molecule has 3 rings (SSSR count). The third-order valence-corrected chi connectivity index (χ3v) is 5.28. The summed E-state index contributed by atoms with van der Waals surface area (Å²) < 4.78 is 34.3. The van der Waals surface area contributed by atoms with Gasteiger partial charge in [0.2, 0.25) is 5.91 Å². The molecule has 0 radical (unpaired) electrons. The molecule has 7 nitrogen and oxygen atoms in total. The molecule has 29 heavy (non-hydrogen) atoms. The summed E-state index contributed by atoms with van der Waals surface area (Å²) in [5.74, 6) is -1.28. The number of hydrogen-bond acceptors (Lipinski definition) is 7. The Bertz CT molecular complexity index is 994. The maximum absolute atomic E-state index is 13.9. The normalized spacial score (nSPS) is 11.8. The van der Waals surface area contributed by atoms with E-state index in [2.05, 4.69) is 27.1 Å². The van der Waals surface area contributed by atoms with Gasteiger partial charge in [-0.05, 0) is 19.1 Å². The number of rotatable bonds is 9. The average molecular weight is 437 g/mol. The summed E-state index contributed by atoms with van der Waals surface area (Å²) in [6.45, 7) is 5.77. The monoisotopic (exact) mass is 437 g/mol. The van der Waals surface area contributed by atoms with Crippen LogP contribution >= 0.6 is 23.1 Å². The van der Waals surface area contributed by atoms with Crippen LogP contribution < -0.4 is 10.1 Å². The zero-order valence-corrected chi connectivity index (χ0v) is 17.0. The molecule has 1 aromatic carbocycles. The number of hydrogen-bond donors (Lipinski definition) is 1. The number of anilines is 1. The number of thioether (sulfide) groups is 1. The Hall–Kier alpha value is -2.79. The van der Waals surface area contributed by atoms with Crippen LogP contribution in [0.4, 0.5) is 13.9 Å². The first-order valence-corrected chi connectivity index (χ1v) is 10.3. The number of amides is 1. The second kappa shape index (κ2) is 9.61. The van der Waals surface area contributed by atoms with Gasteiger partial charge in [-0.1, -0.05) is 17.8 Å². The third kappa shape index (κ3) is 5.39. The van der Waals surface area contributed by atoms with Crippen molar-refractivity contribution in [2.24, 2.45) is 0 Å². The van der Waals surface area contributed by atoms with Gasteiger partial charge in [0.1, 0.15) is 5.82 Å². The number of nitrogens with zero attached hydrogens (tertiary/aromatic N) is 4. The second-order valence-corrected chi connectivity index (χ2v) is 7.59. The molecule has 11 heteroatoms. The summed E-state index contributed by atoms with van der Waals surface area (Å²) in [5.41, 5.74) is 0. The highest BCUT2D eigenvalue weighted by atomic mass is 32.2. The van der Waals surface area contributed by atoms with E-state index in [1.165, 1.54) is 29.2 Å². The third-order valence-electron chi connectivity index (χ3n) is 3.63. The molecule has 0 aliphatic heterocycles. The lowest BCUT2D eigenvalue weighted by molar-refractivity contribution is -0.113. The highest BCUT2D eigenvalue weighted by Gasteiger charge is 2.21. The molecule has 1 N–H and O–H groups in total. The average Bonchev–Trinajstić information content (AvgIpc) is 3.32. The summed E-state index contributed by atoms with van der Waals surface area (Å²) in [6, 6.07) is 3.08. The van der Waals surface area contributed by atoms with Gasteiger partial charge >= 0.3 is 0 Å². The minimum absolute atomic E-state index is 0.0934. The number of ether oxygens (including phenoxy) is 1. The first-order chi connectivity index (χ1) is 14.0. The largest absolute Gasteiger partial charge is 0.480 e. The van der Waals surface area contributed by atoms with Gasteiger partial charge in [-0.15, -0.1) is 28.1 Å². The van der Waals surface area contributed by atoms with Crippen molar-refractivity contribution in [1.82, 2.24) is 19.7 Å². The summed E-state index contributed by atoms with van der Waals surface area (Å²) >= 11 is 2.52. The molecule has 3 aromatic rings. The van der Waals surface area contributed by atoms with E-state index >= 15 is 0 Å². The lowest BCUT2D eigenvalue weighted by atomic mass is 10.3. The van der Waals surface area contributed by atoms with Gasteiger partial charge in [0.25, 0.3) is 0 Å².